The molecule has 1 heterocycles. The molecule has 21 heavy (non-hydrogen) atoms. The van der Waals surface area contributed by atoms with E-state index >= 15 is 0 Å². The third-order valence-corrected chi connectivity index (χ3v) is 3.35. The lowest BCUT2D eigenvalue weighted by atomic mass is 10.4. The molecule has 0 atom stereocenters. The average molecular weight is 327 g/mol. The van der Waals surface area contributed by atoms with Gasteiger partial charge >= 0.3 is 6.18 Å². The van der Waals surface area contributed by atoms with Crippen molar-refractivity contribution in [2.75, 3.05) is 25.5 Å². The zero-order valence-corrected chi connectivity index (χ0v) is 12.9. The van der Waals surface area contributed by atoms with Gasteiger partial charge in [-0.1, -0.05) is 25.6 Å². The van der Waals surface area contributed by atoms with Gasteiger partial charge in [0.1, 0.15) is 6.61 Å². The fourth-order valence-corrected chi connectivity index (χ4v) is 2.23. The van der Waals surface area contributed by atoms with Gasteiger partial charge in [-0.3, -0.25) is 0 Å². The van der Waals surface area contributed by atoms with E-state index in [0.717, 1.165) is 6.54 Å². The van der Waals surface area contributed by atoms with Crippen LogP contribution in [0.1, 0.15) is 20.3 Å². The average Bonchev–Trinajstić information content (AvgIpc) is 2.79. The molecule has 1 aromatic rings. The molecule has 0 aliphatic heterocycles. The Kier molecular flexibility index (Phi) is 7.97. The van der Waals surface area contributed by atoms with Crippen LogP contribution in [-0.2, 0) is 11.3 Å². The maximum atomic E-state index is 11.9. The van der Waals surface area contributed by atoms with E-state index in [2.05, 4.69) is 39.4 Å². The molecule has 1 rings (SSSR count). The monoisotopic (exact) mass is 327 g/mol. The van der Waals surface area contributed by atoms with Crippen molar-refractivity contribution in [2.24, 2.45) is 0 Å². The van der Waals surface area contributed by atoms with E-state index in [1.807, 2.05) is 0 Å². The first-order chi connectivity index (χ1) is 9.88. The molecule has 6 nitrogen and oxygen atoms in total. The number of alkyl halides is 3. The Labute approximate surface area is 125 Å². The molecule has 0 fully saturated rings. The van der Waals surface area contributed by atoms with Gasteiger partial charge < -0.3 is 10.1 Å². The van der Waals surface area contributed by atoms with E-state index in [1.54, 1.807) is 4.68 Å². The smallest absolute Gasteiger partial charge is 0.372 e. The number of aromatic nitrogens is 4. The highest BCUT2D eigenvalue weighted by molar-refractivity contribution is 7.99. The van der Waals surface area contributed by atoms with Gasteiger partial charge in [-0.2, -0.15) is 13.2 Å². The molecule has 0 radical (unpaired) electrons. The number of nitrogens with zero attached hydrogens (tertiary/aromatic N) is 4. The lowest BCUT2D eigenvalue weighted by molar-refractivity contribution is -0.173. The normalized spacial score (nSPS) is 12.3. The Bertz CT molecular complexity index is 399. The van der Waals surface area contributed by atoms with E-state index in [0.29, 0.717) is 29.9 Å². The Morgan fingerprint density at radius 3 is 2.81 bits per heavy atom. The molecule has 0 saturated heterocycles. The molecule has 1 aromatic heterocycles. The Morgan fingerprint density at radius 1 is 1.38 bits per heavy atom. The highest BCUT2D eigenvalue weighted by Gasteiger charge is 2.27. The van der Waals surface area contributed by atoms with Gasteiger partial charge in [-0.05, 0) is 16.8 Å². The first kappa shape index (κ1) is 18.2. The van der Waals surface area contributed by atoms with Gasteiger partial charge in [0.25, 0.3) is 0 Å². The fraction of sp³-hybridized carbons (Fsp3) is 0.909. The lowest BCUT2D eigenvalue weighted by Gasteiger charge is -2.09. The van der Waals surface area contributed by atoms with Crippen molar-refractivity contribution in [1.29, 1.82) is 0 Å². The molecule has 0 unspecified atom stereocenters. The SMILES string of the molecule is CC(C)NCCn1nnnc1SCCCOCC(F)(F)F. The van der Waals surface area contributed by atoms with Gasteiger partial charge in [-0.25, -0.2) is 4.68 Å². The maximum Gasteiger partial charge on any atom is 0.411 e. The minimum atomic E-state index is -4.26. The first-order valence-electron chi connectivity index (χ1n) is 6.65. The zero-order valence-electron chi connectivity index (χ0n) is 12.1. The third-order valence-electron chi connectivity index (χ3n) is 2.31. The number of rotatable bonds is 10. The summed E-state index contributed by atoms with van der Waals surface area (Å²) >= 11 is 1.41. The second-order valence-corrected chi connectivity index (χ2v) is 5.73. The Morgan fingerprint density at radius 2 is 2.14 bits per heavy atom. The number of hydrogen-bond acceptors (Lipinski definition) is 6. The lowest BCUT2D eigenvalue weighted by Crippen LogP contribution is -2.27. The van der Waals surface area contributed by atoms with Gasteiger partial charge in [0, 0.05) is 24.9 Å². The molecule has 0 aliphatic carbocycles. The van der Waals surface area contributed by atoms with Crippen molar-refractivity contribution in [2.45, 2.75) is 44.2 Å². The predicted molar refractivity (Wildman–Crippen MR) is 73.2 cm³/mol. The molecule has 0 spiro atoms. The number of halogens is 3. The molecular weight excluding hydrogens is 307 g/mol. The minimum Gasteiger partial charge on any atom is -0.372 e. The van der Waals surface area contributed by atoms with Gasteiger partial charge in [0.05, 0.1) is 6.54 Å². The number of hydrogen-bond donors (Lipinski definition) is 1. The summed E-state index contributed by atoms with van der Waals surface area (Å²) in [6.45, 7) is 4.38. The predicted octanol–water partition coefficient (Wildman–Crippen LogP) is 1.73. The molecule has 0 aromatic carbocycles. The van der Waals surface area contributed by atoms with E-state index in [-0.39, 0.29) is 6.61 Å². The van der Waals surface area contributed by atoms with Crippen molar-refractivity contribution in [3.8, 4) is 0 Å². The summed E-state index contributed by atoms with van der Waals surface area (Å²) in [6, 6.07) is 0.392. The number of ether oxygens (including phenoxy) is 1. The van der Waals surface area contributed by atoms with Gasteiger partial charge in [-0.15, -0.1) is 5.10 Å². The minimum absolute atomic E-state index is 0.0724. The second kappa shape index (κ2) is 9.21. The molecule has 0 aliphatic rings. The molecular formula is C11H20F3N5OS. The van der Waals surface area contributed by atoms with Crippen LogP contribution in [0.3, 0.4) is 0 Å². The largest absolute Gasteiger partial charge is 0.411 e. The molecule has 10 heteroatoms. The van der Waals surface area contributed by atoms with Crippen molar-refractivity contribution < 1.29 is 17.9 Å². The topological polar surface area (TPSA) is 64.9 Å². The second-order valence-electron chi connectivity index (χ2n) is 4.66. The summed E-state index contributed by atoms with van der Waals surface area (Å²) in [4.78, 5) is 0. The first-order valence-corrected chi connectivity index (χ1v) is 7.64. The molecule has 0 saturated carbocycles. The van der Waals surface area contributed by atoms with Crippen LogP contribution < -0.4 is 5.32 Å². The van der Waals surface area contributed by atoms with E-state index in [4.69, 9.17) is 0 Å². The van der Waals surface area contributed by atoms with Crippen LogP contribution in [-0.4, -0.2) is 57.9 Å². The molecule has 122 valence electrons. The summed E-state index contributed by atoms with van der Waals surface area (Å²) in [5.74, 6) is 0.607. The zero-order chi connectivity index (χ0) is 15.7. The van der Waals surface area contributed by atoms with Crippen LogP contribution in [0.4, 0.5) is 13.2 Å². The third kappa shape index (κ3) is 8.89. The summed E-state index contributed by atoms with van der Waals surface area (Å²) in [5, 5.41) is 15.3. The van der Waals surface area contributed by atoms with Crippen LogP contribution in [0.5, 0.6) is 0 Å². The highest BCUT2D eigenvalue weighted by Crippen LogP contribution is 2.16. The number of thioether (sulfide) groups is 1. The van der Waals surface area contributed by atoms with Crippen molar-refractivity contribution in [3.63, 3.8) is 0 Å². The molecule has 1 N–H and O–H groups in total. The van der Waals surface area contributed by atoms with Crippen LogP contribution in [0.2, 0.25) is 0 Å². The summed E-state index contributed by atoms with van der Waals surface area (Å²) in [6.07, 6.45) is -3.75. The Balaban J connectivity index is 2.16. The van der Waals surface area contributed by atoms with Crippen LogP contribution in [0, 0.1) is 0 Å². The number of nitrogens with one attached hydrogen (secondary N) is 1. The number of tetrazole rings is 1. The van der Waals surface area contributed by atoms with Crippen molar-refractivity contribution >= 4 is 11.8 Å². The highest BCUT2D eigenvalue weighted by atomic mass is 32.2. The maximum absolute atomic E-state index is 11.9. The fourth-order valence-electron chi connectivity index (χ4n) is 1.41. The van der Waals surface area contributed by atoms with E-state index in [1.165, 1.54) is 11.8 Å². The summed E-state index contributed by atoms with van der Waals surface area (Å²) < 4.78 is 41.8. The summed E-state index contributed by atoms with van der Waals surface area (Å²) in [5.41, 5.74) is 0. The molecule has 0 amide bonds. The summed E-state index contributed by atoms with van der Waals surface area (Å²) in [7, 11) is 0. The van der Waals surface area contributed by atoms with Gasteiger partial charge in [0.2, 0.25) is 5.16 Å². The van der Waals surface area contributed by atoms with Crippen molar-refractivity contribution in [1.82, 2.24) is 25.5 Å². The van der Waals surface area contributed by atoms with E-state index < -0.39 is 12.8 Å². The van der Waals surface area contributed by atoms with Crippen LogP contribution >= 0.6 is 11.8 Å². The van der Waals surface area contributed by atoms with E-state index in [9.17, 15) is 13.2 Å². The van der Waals surface area contributed by atoms with Crippen molar-refractivity contribution in [3.05, 3.63) is 0 Å². The molecule has 0 bridgehead atoms. The standard InChI is InChI=1S/C11H20F3N5OS/c1-9(2)15-4-5-19-10(16-17-18-19)21-7-3-6-20-8-11(12,13)14/h9,15H,3-8H2,1-2H3. The quantitative estimate of drug-likeness (QED) is 0.521. The van der Waals surface area contributed by atoms with Crippen LogP contribution in [0.15, 0.2) is 5.16 Å². The van der Waals surface area contributed by atoms with Crippen LogP contribution in [0.25, 0.3) is 0 Å². The van der Waals surface area contributed by atoms with Gasteiger partial charge in [0.15, 0.2) is 0 Å². The Hall–Kier alpha value is -0.870.